The Morgan fingerprint density at radius 2 is 1.88 bits per heavy atom. The number of hydrogen-bond donors (Lipinski definition) is 2. The topological polar surface area (TPSA) is 91.3 Å². The van der Waals surface area contributed by atoms with Gasteiger partial charge in [0.05, 0.1) is 19.8 Å². The van der Waals surface area contributed by atoms with Crippen molar-refractivity contribution in [1.82, 2.24) is 15.1 Å². The fourth-order valence-corrected chi connectivity index (χ4v) is 4.98. The molecule has 0 radical (unpaired) electrons. The highest BCUT2D eigenvalue weighted by molar-refractivity contribution is 5.93. The van der Waals surface area contributed by atoms with Crippen molar-refractivity contribution in [2.45, 2.75) is 50.2 Å². The largest absolute Gasteiger partial charge is 0.497 e. The summed E-state index contributed by atoms with van der Waals surface area (Å²) in [6.45, 7) is 3.91. The van der Waals surface area contributed by atoms with Crippen molar-refractivity contribution < 1.29 is 24.2 Å². The van der Waals surface area contributed by atoms with Crippen molar-refractivity contribution in [2.24, 2.45) is 0 Å². The van der Waals surface area contributed by atoms with E-state index in [-0.39, 0.29) is 11.9 Å². The SMILES string of the molecule is COc1ccc(CN2CC3(CC(N[C@H](C(=O)O)[C@@H](C)OCc4ccccc4)CN3C)C2=O)cc1. The van der Waals surface area contributed by atoms with Gasteiger partial charge in [-0.05, 0) is 43.7 Å². The van der Waals surface area contributed by atoms with Crippen LogP contribution in [-0.2, 0) is 27.5 Å². The highest BCUT2D eigenvalue weighted by atomic mass is 16.5. The molecule has 8 heteroatoms. The third-order valence-electron chi connectivity index (χ3n) is 6.99. The van der Waals surface area contributed by atoms with Gasteiger partial charge in [-0.3, -0.25) is 19.8 Å². The number of carbonyl (C=O) groups excluding carboxylic acids is 1. The predicted molar refractivity (Wildman–Crippen MR) is 127 cm³/mol. The number of nitrogens with zero attached hydrogens (tertiary/aromatic N) is 2. The number of benzene rings is 2. The number of carboxylic acid groups (broad SMARTS) is 1. The third-order valence-corrected chi connectivity index (χ3v) is 6.99. The number of carbonyl (C=O) groups is 2. The lowest BCUT2D eigenvalue weighted by Gasteiger charge is -2.50. The van der Waals surface area contributed by atoms with Gasteiger partial charge in [-0.1, -0.05) is 42.5 Å². The number of methoxy groups -OCH3 is 1. The highest BCUT2D eigenvalue weighted by Gasteiger charge is 2.59. The molecule has 8 nitrogen and oxygen atoms in total. The summed E-state index contributed by atoms with van der Waals surface area (Å²) in [5, 5.41) is 13.1. The lowest BCUT2D eigenvalue weighted by molar-refractivity contribution is -0.161. The van der Waals surface area contributed by atoms with Gasteiger partial charge in [-0.15, -0.1) is 0 Å². The number of carboxylic acids is 1. The fourth-order valence-electron chi connectivity index (χ4n) is 4.98. The molecular weight excluding hydrogens is 434 g/mol. The van der Waals surface area contributed by atoms with E-state index in [2.05, 4.69) is 10.2 Å². The number of hydrogen-bond acceptors (Lipinski definition) is 6. The van der Waals surface area contributed by atoms with Crippen LogP contribution in [0.2, 0.25) is 0 Å². The lowest BCUT2D eigenvalue weighted by atomic mass is 9.84. The summed E-state index contributed by atoms with van der Waals surface area (Å²) in [6, 6.07) is 16.4. The first-order valence-corrected chi connectivity index (χ1v) is 11.6. The Hall–Kier alpha value is -2.94. The van der Waals surface area contributed by atoms with Gasteiger partial charge >= 0.3 is 5.97 Å². The van der Waals surface area contributed by atoms with E-state index >= 15 is 0 Å². The molecule has 4 atom stereocenters. The fraction of sp³-hybridized carbons (Fsp3) is 0.462. The van der Waals surface area contributed by atoms with E-state index in [1.807, 2.05) is 66.5 Å². The van der Waals surface area contributed by atoms with Gasteiger partial charge in [0.15, 0.2) is 0 Å². The molecule has 4 rings (SSSR count). The molecule has 2 unspecified atom stereocenters. The molecule has 2 aromatic rings. The normalized spacial score (nSPS) is 24.1. The van der Waals surface area contributed by atoms with Crippen LogP contribution >= 0.6 is 0 Å². The Bertz CT molecular complexity index is 999. The van der Waals surface area contributed by atoms with Crippen molar-refractivity contribution in [2.75, 3.05) is 27.2 Å². The van der Waals surface area contributed by atoms with Gasteiger partial charge in [0.25, 0.3) is 0 Å². The first-order valence-electron chi connectivity index (χ1n) is 11.6. The van der Waals surface area contributed by atoms with E-state index in [1.165, 1.54) is 0 Å². The van der Waals surface area contributed by atoms with Crippen molar-refractivity contribution in [3.05, 3.63) is 65.7 Å². The van der Waals surface area contributed by atoms with Crippen LogP contribution in [0.5, 0.6) is 5.75 Å². The van der Waals surface area contributed by atoms with Crippen LogP contribution in [0, 0.1) is 0 Å². The maximum atomic E-state index is 13.2. The number of nitrogens with one attached hydrogen (secondary N) is 1. The Morgan fingerprint density at radius 3 is 2.50 bits per heavy atom. The smallest absolute Gasteiger partial charge is 0.323 e. The molecular formula is C26H33N3O5. The van der Waals surface area contributed by atoms with Crippen molar-refractivity contribution in [1.29, 1.82) is 0 Å². The number of rotatable bonds is 10. The minimum atomic E-state index is -0.953. The van der Waals surface area contributed by atoms with Crippen LogP contribution in [0.15, 0.2) is 54.6 Å². The van der Waals surface area contributed by atoms with Gasteiger partial charge in [0.1, 0.15) is 17.3 Å². The average Bonchev–Trinajstić information content (AvgIpc) is 3.18. The van der Waals surface area contributed by atoms with Crippen molar-refractivity contribution >= 4 is 11.9 Å². The highest BCUT2D eigenvalue weighted by Crippen LogP contribution is 2.39. The summed E-state index contributed by atoms with van der Waals surface area (Å²) >= 11 is 0. The van der Waals surface area contributed by atoms with E-state index < -0.39 is 23.7 Å². The molecule has 2 aliphatic rings. The summed E-state index contributed by atoms with van der Waals surface area (Å²) in [5.74, 6) is -0.0739. The van der Waals surface area contributed by atoms with Gasteiger partial charge in [0.2, 0.25) is 5.91 Å². The van der Waals surface area contributed by atoms with Crippen LogP contribution in [0.4, 0.5) is 0 Å². The van der Waals surface area contributed by atoms with Crippen molar-refractivity contribution in [3.8, 4) is 5.75 Å². The maximum absolute atomic E-state index is 13.2. The quantitative estimate of drug-likeness (QED) is 0.517. The Balaban J connectivity index is 1.33. The Labute approximate surface area is 200 Å². The number of likely N-dealkylation sites (N-methyl/N-ethyl adjacent to an activating group) is 1. The second-order valence-electron chi connectivity index (χ2n) is 9.31. The molecule has 2 aliphatic heterocycles. The zero-order valence-corrected chi connectivity index (χ0v) is 19.9. The van der Waals surface area contributed by atoms with Crippen LogP contribution < -0.4 is 10.1 Å². The molecule has 182 valence electrons. The molecule has 0 aromatic heterocycles. The van der Waals surface area contributed by atoms with E-state index in [9.17, 15) is 14.7 Å². The second-order valence-corrected chi connectivity index (χ2v) is 9.31. The zero-order chi connectivity index (χ0) is 24.3. The monoisotopic (exact) mass is 467 g/mol. The first kappa shape index (κ1) is 24.2. The minimum Gasteiger partial charge on any atom is -0.497 e. The van der Waals surface area contributed by atoms with Crippen LogP contribution in [0.25, 0.3) is 0 Å². The molecule has 2 heterocycles. The summed E-state index contributed by atoms with van der Waals surface area (Å²) in [6.07, 6.45) is 0.0552. The standard InChI is InChI=1S/C26H33N3O5/c1-18(34-16-20-7-5-4-6-8-20)23(24(30)31)27-21-13-26(28(2)15-21)17-29(25(26)32)14-19-9-11-22(33-3)12-10-19/h4-12,18,21,23,27H,13-17H2,1-3H3,(H,30,31)/t18-,21?,23+,26?/m1/s1. The summed E-state index contributed by atoms with van der Waals surface area (Å²) in [7, 11) is 3.57. The first-order chi connectivity index (χ1) is 16.3. The van der Waals surface area contributed by atoms with Gasteiger partial charge in [-0.2, -0.15) is 0 Å². The van der Waals surface area contributed by atoms with E-state index in [1.54, 1.807) is 14.0 Å². The number of aliphatic carboxylic acids is 1. The Morgan fingerprint density at radius 1 is 1.18 bits per heavy atom. The molecule has 0 bridgehead atoms. The lowest BCUT2D eigenvalue weighted by Crippen LogP contribution is -2.70. The molecule has 2 aromatic carbocycles. The summed E-state index contributed by atoms with van der Waals surface area (Å²) in [5.41, 5.74) is 1.48. The number of amides is 1. The summed E-state index contributed by atoms with van der Waals surface area (Å²) in [4.78, 5) is 29.1. The third kappa shape index (κ3) is 4.94. The number of ether oxygens (including phenoxy) is 2. The number of β-lactam (4-membered cyclic amide) rings is 1. The van der Waals surface area contributed by atoms with Crippen LogP contribution in [0.1, 0.15) is 24.5 Å². The average molecular weight is 468 g/mol. The zero-order valence-electron chi connectivity index (χ0n) is 19.9. The number of likely N-dealkylation sites (tertiary alicyclic amines) is 2. The molecule has 2 N–H and O–H groups in total. The van der Waals surface area contributed by atoms with E-state index in [4.69, 9.17) is 9.47 Å². The molecule has 2 saturated heterocycles. The van der Waals surface area contributed by atoms with Gasteiger partial charge < -0.3 is 19.5 Å². The van der Waals surface area contributed by atoms with Crippen LogP contribution in [0.3, 0.4) is 0 Å². The minimum absolute atomic E-state index is 0.0929. The summed E-state index contributed by atoms with van der Waals surface area (Å²) < 4.78 is 11.1. The predicted octanol–water partition coefficient (Wildman–Crippen LogP) is 2.13. The van der Waals surface area contributed by atoms with Crippen LogP contribution in [-0.4, -0.2) is 77.8 Å². The van der Waals surface area contributed by atoms with Crippen molar-refractivity contribution in [3.63, 3.8) is 0 Å². The Kier molecular flexibility index (Phi) is 7.21. The van der Waals surface area contributed by atoms with Gasteiger partial charge in [0, 0.05) is 25.7 Å². The molecule has 1 amide bonds. The molecule has 2 fully saturated rings. The van der Waals surface area contributed by atoms with E-state index in [0.29, 0.717) is 32.7 Å². The van der Waals surface area contributed by atoms with E-state index in [0.717, 1.165) is 16.9 Å². The maximum Gasteiger partial charge on any atom is 0.323 e. The molecule has 34 heavy (non-hydrogen) atoms. The molecule has 1 spiro atoms. The molecule has 0 saturated carbocycles. The second kappa shape index (κ2) is 10.1. The molecule has 0 aliphatic carbocycles. The van der Waals surface area contributed by atoms with Gasteiger partial charge in [-0.25, -0.2) is 0 Å².